The van der Waals surface area contributed by atoms with Gasteiger partial charge in [-0.05, 0) is 26.8 Å². The van der Waals surface area contributed by atoms with Crippen molar-refractivity contribution in [2.45, 2.75) is 20.8 Å². The van der Waals surface area contributed by atoms with Crippen LogP contribution in [-0.4, -0.2) is 70.4 Å². The second-order valence-electron chi connectivity index (χ2n) is 6.46. The third-order valence-electron chi connectivity index (χ3n) is 4.67. The van der Waals surface area contributed by atoms with Gasteiger partial charge in [-0.2, -0.15) is 0 Å². The van der Waals surface area contributed by atoms with Crippen LogP contribution < -0.4 is 5.32 Å². The number of thiazole rings is 1. The Kier molecular flexibility index (Phi) is 5.73. The van der Waals surface area contributed by atoms with Gasteiger partial charge in [0.1, 0.15) is 0 Å². The number of aromatic nitrogens is 2. The highest BCUT2D eigenvalue weighted by molar-refractivity contribution is 7.12. The molecule has 1 fully saturated rings. The number of carbonyl (C=O) groups is 2. The first-order chi connectivity index (χ1) is 12.5. The van der Waals surface area contributed by atoms with Gasteiger partial charge in [-0.15, -0.1) is 11.3 Å². The number of rotatable bonds is 5. The van der Waals surface area contributed by atoms with Crippen LogP contribution in [0.5, 0.6) is 0 Å². The van der Waals surface area contributed by atoms with Crippen molar-refractivity contribution < 1.29 is 9.59 Å². The predicted octanol–water partition coefficient (Wildman–Crippen LogP) is 1.44. The third kappa shape index (κ3) is 3.81. The molecule has 0 aliphatic carbocycles. The number of aryl methyl sites for hydroxylation is 1. The molecule has 0 atom stereocenters. The number of nitrogens with zero attached hydrogens (tertiary/aromatic N) is 4. The lowest BCUT2D eigenvalue weighted by Crippen LogP contribution is -2.51. The Labute approximate surface area is 157 Å². The molecule has 1 saturated heterocycles. The van der Waals surface area contributed by atoms with Crippen LogP contribution >= 0.6 is 11.3 Å². The molecule has 0 aromatic carbocycles. The molecule has 3 rings (SSSR count). The molecule has 2 amide bonds. The lowest BCUT2D eigenvalue weighted by atomic mass is 10.2. The predicted molar refractivity (Wildman–Crippen MR) is 102 cm³/mol. The maximum absolute atomic E-state index is 13.0. The summed E-state index contributed by atoms with van der Waals surface area (Å²) in [4.78, 5) is 33.0. The van der Waals surface area contributed by atoms with Gasteiger partial charge in [-0.25, -0.2) is 4.98 Å². The van der Waals surface area contributed by atoms with Crippen molar-refractivity contribution in [3.63, 3.8) is 0 Å². The number of amides is 2. The first-order valence-electron chi connectivity index (χ1n) is 8.88. The van der Waals surface area contributed by atoms with E-state index in [0.717, 1.165) is 22.1 Å². The lowest BCUT2D eigenvalue weighted by molar-refractivity contribution is -0.122. The Balaban J connectivity index is 1.66. The van der Waals surface area contributed by atoms with Crippen LogP contribution in [0.25, 0.3) is 5.13 Å². The fourth-order valence-corrected chi connectivity index (χ4v) is 4.09. The number of hydrogen-bond donors (Lipinski definition) is 1. The highest BCUT2D eigenvalue weighted by Crippen LogP contribution is 2.23. The van der Waals surface area contributed by atoms with E-state index in [2.05, 4.69) is 15.2 Å². The maximum atomic E-state index is 13.0. The molecule has 2 aromatic rings. The van der Waals surface area contributed by atoms with Gasteiger partial charge in [0.25, 0.3) is 5.91 Å². The quantitative estimate of drug-likeness (QED) is 0.859. The minimum atomic E-state index is 0.0410. The number of nitrogens with one attached hydrogen (secondary N) is 1. The topological polar surface area (TPSA) is 70.5 Å². The maximum Gasteiger partial charge on any atom is 0.255 e. The average Bonchev–Trinajstić information content (AvgIpc) is 3.23. The third-order valence-corrected chi connectivity index (χ3v) is 5.43. The van der Waals surface area contributed by atoms with Crippen molar-refractivity contribution in [3.8, 4) is 5.13 Å². The molecule has 8 heteroatoms. The van der Waals surface area contributed by atoms with E-state index < -0.39 is 0 Å². The Morgan fingerprint density at radius 2 is 1.96 bits per heavy atom. The van der Waals surface area contributed by atoms with Crippen molar-refractivity contribution in [1.82, 2.24) is 24.7 Å². The summed E-state index contributed by atoms with van der Waals surface area (Å²) in [7, 11) is 0. The smallest absolute Gasteiger partial charge is 0.255 e. The molecule has 0 spiro atoms. The van der Waals surface area contributed by atoms with Gasteiger partial charge in [0.05, 0.1) is 12.1 Å². The van der Waals surface area contributed by atoms with Crippen LogP contribution in [0.3, 0.4) is 0 Å². The molecule has 0 radical (unpaired) electrons. The van der Waals surface area contributed by atoms with Gasteiger partial charge in [0.15, 0.2) is 5.13 Å². The van der Waals surface area contributed by atoms with Gasteiger partial charge in [0.2, 0.25) is 5.91 Å². The molecule has 3 heterocycles. The van der Waals surface area contributed by atoms with E-state index in [1.54, 1.807) is 17.5 Å². The van der Waals surface area contributed by atoms with E-state index in [-0.39, 0.29) is 11.8 Å². The van der Waals surface area contributed by atoms with Crippen molar-refractivity contribution >= 4 is 23.2 Å². The van der Waals surface area contributed by atoms with Gasteiger partial charge in [-0.1, -0.05) is 0 Å². The monoisotopic (exact) mass is 375 g/mol. The molecular formula is C18H25N5O2S. The Morgan fingerprint density at radius 3 is 2.58 bits per heavy atom. The second-order valence-corrected chi connectivity index (χ2v) is 7.33. The van der Waals surface area contributed by atoms with Crippen LogP contribution in [0.15, 0.2) is 17.6 Å². The molecule has 1 N–H and O–H groups in total. The number of piperazine rings is 1. The first-order valence-corrected chi connectivity index (χ1v) is 9.76. The number of carbonyl (C=O) groups excluding carboxylic acids is 2. The minimum Gasteiger partial charge on any atom is -0.355 e. The zero-order valence-corrected chi connectivity index (χ0v) is 16.3. The first kappa shape index (κ1) is 18.6. The van der Waals surface area contributed by atoms with Gasteiger partial charge >= 0.3 is 0 Å². The van der Waals surface area contributed by atoms with Gasteiger partial charge < -0.3 is 10.2 Å². The lowest BCUT2D eigenvalue weighted by Gasteiger charge is -2.34. The van der Waals surface area contributed by atoms with Crippen molar-refractivity contribution in [1.29, 1.82) is 0 Å². The van der Waals surface area contributed by atoms with Crippen LogP contribution in [-0.2, 0) is 4.79 Å². The molecule has 0 unspecified atom stereocenters. The summed E-state index contributed by atoms with van der Waals surface area (Å²) >= 11 is 1.56. The largest absolute Gasteiger partial charge is 0.355 e. The molecule has 1 aliphatic heterocycles. The minimum absolute atomic E-state index is 0.0410. The summed E-state index contributed by atoms with van der Waals surface area (Å²) in [6.45, 7) is 9.63. The highest BCUT2D eigenvalue weighted by atomic mass is 32.1. The van der Waals surface area contributed by atoms with Crippen LogP contribution in [0.4, 0.5) is 0 Å². The summed E-state index contributed by atoms with van der Waals surface area (Å²) in [5, 5.41) is 5.63. The Morgan fingerprint density at radius 1 is 1.23 bits per heavy atom. The number of hydrogen-bond acceptors (Lipinski definition) is 5. The molecule has 140 valence electrons. The summed E-state index contributed by atoms with van der Waals surface area (Å²) in [6.07, 6.45) is 1.77. The summed E-state index contributed by atoms with van der Waals surface area (Å²) in [6, 6.07) is 1.94. The zero-order chi connectivity index (χ0) is 18.7. The van der Waals surface area contributed by atoms with E-state index in [1.807, 2.05) is 41.7 Å². The van der Waals surface area contributed by atoms with Crippen molar-refractivity contribution in [3.05, 3.63) is 34.6 Å². The molecule has 2 aromatic heterocycles. The van der Waals surface area contributed by atoms with Crippen molar-refractivity contribution in [2.75, 3.05) is 39.3 Å². The molecule has 7 nitrogen and oxygen atoms in total. The fraction of sp³-hybridized carbons (Fsp3) is 0.500. The number of likely N-dealkylation sites (N-methyl/N-ethyl adjacent to an activating group) is 1. The molecular weight excluding hydrogens is 350 g/mol. The van der Waals surface area contributed by atoms with E-state index in [0.29, 0.717) is 39.3 Å². The summed E-state index contributed by atoms with van der Waals surface area (Å²) in [5.41, 5.74) is 2.66. The van der Waals surface area contributed by atoms with E-state index in [4.69, 9.17) is 0 Å². The van der Waals surface area contributed by atoms with E-state index in [9.17, 15) is 9.59 Å². The van der Waals surface area contributed by atoms with Gasteiger partial charge in [0, 0.05) is 55.7 Å². The zero-order valence-electron chi connectivity index (χ0n) is 15.5. The molecule has 0 saturated carbocycles. The molecule has 0 bridgehead atoms. The van der Waals surface area contributed by atoms with Crippen LogP contribution in [0.2, 0.25) is 0 Å². The fourth-order valence-electron chi connectivity index (χ4n) is 3.34. The molecule has 1 aliphatic rings. The summed E-state index contributed by atoms with van der Waals surface area (Å²) < 4.78 is 2.03. The summed E-state index contributed by atoms with van der Waals surface area (Å²) in [5.74, 6) is 0.0952. The van der Waals surface area contributed by atoms with Crippen LogP contribution in [0, 0.1) is 13.8 Å². The van der Waals surface area contributed by atoms with Gasteiger partial charge in [-0.3, -0.25) is 19.1 Å². The SMILES string of the molecule is CCNC(=O)CN1CCN(C(=O)c2cc(C)n(-c3nccs3)c2C)CC1. The van der Waals surface area contributed by atoms with Crippen molar-refractivity contribution in [2.24, 2.45) is 0 Å². The van der Waals surface area contributed by atoms with Crippen LogP contribution in [0.1, 0.15) is 28.7 Å². The normalized spacial score (nSPS) is 15.3. The Hall–Kier alpha value is -2.19. The van der Waals surface area contributed by atoms with E-state index >= 15 is 0 Å². The molecule has 26 heavy (non-hydrogen) atoms. The Bertz CT molecular complexity index is 776. The standard InChI is InChI=1S/C18H25N5O2S/c1-4-19-16(24)12-21-6-8-22(9-7-21)17(25)15-11-13(2)23(14(15)3)18-20-5-10-26-18/h5,10-11H,4,6-9,12H2,1-3H3,(H,19,24). The van der Waals surface area contributed by atoms with E-state index in [1.165, 1.54) is 0 Å². The highest BCUT2D eigenvalue weighted by Gasteiger charge is 2.26. The second kappa shape index (κ2) is 8.01. The average molecular weight is 375 g/mol.